The summed E-state index contributed by atoms with van der Waals surface area (Å²) in [5.74, 6) is 1.22. The van der Waals surface area contributed by atoms with E-state index in [1.807, 2.05) is 0 Å². The average Bonchev–Trinajstić information content (AvgIpc) is 2.06. The molecule has 0 aliphatic carbocycles. The minimum atomic E-state index is 0.568. The number of nitrogens with zero attached hydrogens (tertiary/aromatic N) is 1. The first kappa shape index (κ1) is 9.10. The molecule has 1 aliphatic heterocycles. The molecule has 1 fully saturated rings. The van der Waals surface area contributed by atoms with Gasteiger partial charge < -0.3 is 15.4 Å². The van der Waals surface area contributed by atoms with Crippen molar-refractivity contribution in [2.75, 3.05) is 13.1 Å². The molecular weight excluding hydrogens is 152 g/mol. The van der Waals surface area contributed by atoms with Crippen LogP contribution in [-0.2, 0) is 4.79 Å². The number of aldehydes is 1. The zero-order valence-electron chi connectivity index (χ0n) is 7.33. The highest BCUT2D eigenvalue weighted by molar-refractivity contribution is 5.49. The Morgan fingerprint density at radius 3 is 2.58 bits per heavy atom. The first-order chi connectivity index (χ1) is 5.74. The van der Waals surface area contributed by atoms with Gasteiger partial charge in [-0.1, -0.05) is 6.58 Å². The van der Waals surface area contributed by atoms with Crippen LogP contribution in [0.2, 0.25) is 0 Å². The molecule has 1 heterocycles. The molecule has 68 valence electrons. The smallest absolute Gasteiger partial charge is 0.120 e. The molecule has 3 nitrogen and oxygen atoms in total. The molecule has 0 aromatic rings. The molecule has 1 saturated heterocycles. The molecule has 0 amide bonds. The molecule has 3 heteroatoms. The van der Waals surface area contributed by atoms with E-state index in [4.69, 9.17) is 5.73 Å². The Bertz CT molecular complexity index is 171. The number of nitrogens with two attached hydrogens (primary N) is 1. The summed E-state index contributed by atoms with van der Waals surface area (Å²) < 4.78 is 0. The third-order valence-electron chi connectivity index (χ3n) is 2.45. The van der Waals surface area contributed by atoms with Crippen molar-refractivity contribution in [3.8, 4) is 0 Å². The van der Waals surface area contributed by atoms with Gasteiger partial charge in [-0.15, -0.1) is 0 Å². The quantitative estimate of drug-likeness (QED) is 0.631. The van der Waals surface area contributed by atoms with Crippen molar-refractivity contribution in [3.63, 3.8) is 0 Å². The summed E-state index contributed by atoms with van der Waals surface area (Å²) in [5, 5.41) is 0. The largest absolute Gasteiger partial charge is 0.386 e. The van der Waals surface area contributed by atoms with Crippen molar-refractivity contribution in [2.24, 2.45) is 11.7 Å². The second-order valence-corrected chi connectivity index (χ2v) is 3.32. The van der Waals surface area contributed by atoms with Crippen LogP contribution in [-0.4, -0.2) is 24.3 Å². The standard InChI is InChI=1S/C9H16N2O/c1-8(10)11-5-2-9(3-6-11)4-7-12/h7,9H,1-6,10H2. The van der Waals surface area contributed by atoms with Crippen LogP contribution >= 0.6 is 0 Å². The van der Waals surface area contributed by atoms with E-state index in [1.54, 1.807) is 0 Å². The molecule has 2 N–H and O–H groups in total. The maximum absolute atomic E-state index is 10.2. The number of carbonyl (C=O) groups is 1. The minimum Gasteiger partial charge on any atom is -0.386 e. The Labute approximate surface area is 73.2 Å². The van der Waals surface area contributed by atoms with Crippen LogP contribution in [0.15, 0.2) is 12.4 Å². The lowest BCUT2D eigenvalue weighted by molar-refractivity contribution is -0.108. The van der Waals surface area contributed by atoms with Crippen molar-refractivity contribution in [1.82, 2.24) is 4.90 Å². The van der Waals surface area contributed by atoms with Crippen molar-refractivity contribution < 1.29 is 4.79 Å². The third kappa shape index (κ3) is 2.26. The zero-order chi connectivity index (χ0) is 8.97. The lowest BCUT2D eigenvalue weighted by Gasteiger charge is -2.32. The Kier molecular flexibility index (Phi) is 3.14. The highest BCUT2D eigenvalue weighted by atomic mass is 16.1. The molecule has 0 aromatic heterocycles. The highest BCUT2D eigenvalue weighted by Crippen LogP contribution is 2.20. The van der Waals surface area contributed by atoms with Gasteiger partial charge in [-0.3, -0.25) is 0 Å². The molecule has 0 atom stereocenters. The predicted octanol–water partition coefficient (Wildman–Crippen LogP) is 0.717. The van der Waals surface area contributed by atoms with Crippen molar-refractivity contribution >= 4 is 6.29 Å². The van der Waals surface area contributed by atoms with Gasteiger partial charge in [-0.2, -0.15) is 0 Å². The third-order valence-corrected chi connectivity index (χ3v) is 2.45. The van der Waals surface area contributed by atoms with Gasteiger partial charge in [0.15, 0.2) is 0 Å². The first-order valence-corrected chi connectivity index (χ1v) is 4.37. The van der Waals surface area contributed by atoms with Crippen LogP contribution in [0, 0.1) is 5.92 Å². The number of hydrogen-bond acceptors (Lipinski definition) is 3. The summed E-state index contributed by atoms with van der Waals surface area (Å²) in [5.41, 5.74) is 5.55. The summed E-state index contributed by atoms with van der Waals surface area (Å²) >= 11 is 0. The van der Waals surface area contributed by atoms with Gasteiger partial charge in [0, 0.05) is 19.5 Å². The summed E-state index contributed by atoms with van der Waals surface area (Å²) in [6.07, 6.45) is 3.84. The molecule has 0 spiro atoms. The Morgan fingerprint density at radius 1 is 1.58 bits per heavy atom. The maximum atomic E-state index is 10.2. The molecule has 12 heavy (non-hydrogen) atoms. The van der Waals surface area contributed by atoms with Gasteiger partial charge in [-0.25, -0.2) is 0 Å². The van der Waals surface area contributed by atoms with Gasteiger partial charge in [0.05, 0.1) is 5.82 Å². The average molecular weight is 168 g/mol. The normalized spacial score (nSPS) is 19.2. The predicted molar refractivity (Wildman–Crippen MR) is 48.3 cm³/mol. The fourth-order valence-corrected chi connectivity index (χ4v) is 1.59. The van der Waals surface area contributed by atoms with Crippen molar-refractivity contribution in [1.29, 1.82) is 0 Å². The molecule has 0 bridgehead atoms. The second-order valence-electron chi connectivity index (χ2n) is 3.32. The summed E-state index contributed by atoms with van der Waals surface area (Å²) in [4.78, 5) is 12.3. The fraction of sp³-hybridized carbons (Fsp3) is 0.667. The minimum absolute atomic E-state index is 0.568. The molecule has 0 saturated carbocycles. The Hall–Kier alpha value is -0.990. The van der Waals surface area contributed by atoms with Crippen LogP contribution in [0.25, 0.3) is 0 Å². The van der Waals surface area contributed by atoms with E-state index in [-0.39, 0.29) is 0 Å². The summed E-state index contributed by atoms with van der Waals surface area (Å²) in [7, 11) is 0. The molecule has 0 unspecified atom stereocenters. The molecule has 0 aromatic carbocycles. The van der Waals surface area contributed by atoms with E-state index in [2.05, 4.69) is 11.5 Å². The van der Waals surface area contributed by atoms with Crippen LogP contribution in [0.1, 0.15) is 19.3 Å². The van der Waals surface area contributed by atoms with Gasteiger partial charge in [-0.05, 0) is 18.8 Å². The van der Waals surface area contributed by atoms with Gasteiger partial charge >= 0.3 is 0 Å². The van der Waals surface area contributed by atoms with E-state index >= 15 is 0 Å². The van der Waals surface area contributed by atoms with Crippen LogP contribution < -0.4 is 5.73 Å². The van der Waals surface area contributed by atoms with E-state index in [9.17, 15) is 4.79 Å². The van der Waals surface area contributed by atoms with Gasteiger partial charge in [0.2, 0.25) is 0 Å². The lowest BCUT2D eigenvalue weighted by atomic mass is 9.94. The highest BCUT2D eigenvalue weighted by Gasteiger charge is 2.18. The van der Waals surface area contributed by atoms with Gasteiger partial charge in [0.1, 0.15) is 6.29 Å². The lowest BCUT2D eigenvalue weighted by Crippen LogP contribution is -2.35. The topological polar surface area (TPSA) is 46.3 Å². The molecule has 1 aliphatic rings. The summed E-state index contributed by atoms with van der Waals surface area (Å²) in [6.45, 7) is 5.59. The van der Waals surface area contributed by atoms with Gasteiger partial charge in [0.25, 0.3) is 0 Å². The van der Waals surface area contributed by atoms with Crippen LogP contribution in [0.4, 0.5) is 0 Å². The zero-order valence-corrected chi connectivity index (χ0v) is 7.33. The van der Waals surface area contributed by atoms with Crippen molar-refractivity contribution in [3.05, 3.63) is 12.4 Å². The van der Waals surface area contributed by atoms with Crippen molar-refractivity contribution in [2.45, 2.75) is 19.3 Å². The van der Waals surface area contributed by atoms with E-state index in [0.717, 1.165) is 32.2 Å². The SMILES string of the molecule is C=C(N)N1CCC(CC=O)CC1. The van der Waals surface area contributed by atoms with E-state index in [1.165, 1.54) is 0 Å². The number of likely N-dealkylation sites (tertiary alicyclic amines) is 1. The number of carbonyl (C=O) groups excluding carboxylic acids is 1. The number of rotatable bonds is 3. The molecule has 1 rings (SSSR count). The second kappa shape index (κ2) is 4.14. The Balaban J connectivity index is 2.29. The fourth-order valence-electron chi connectivity index (χ4n) is 1.59. The molecular formula is C9H16N2O. The summed E-state index contributed by atoms with van der Waals surface area (Å²) in [6, 6.07) is 0. The van der Waals surface area contributed by atoms with E-state index < -0.39 is 0 Å². The first-order valence-electron chi connectivity index (χ1n) is 4.37. The Morgan fingerprint density at radius 2 is 2.17 bits per heavy atom. The molecule has 0 radical (unpaired) electrons. The number of hydrogen-bond donors (Lipinski definition) is 1. The monoisotopic (exact) mass is 168 g/mol. The van der Waals surface area contributed by atoms with E-state index in [0.29, 0.717) is 18.2 Å². The maximum Gasteiger partial charge on any atom is 0.120 e. The van der Waals surface area contributed by atoms with Crippen LogP contribution in [0.5, 0.6) is 0 Å². The van der Waals surface area contributed by atoms with Crippen LogP contribution in [0.3, 0.4) is 0 Å². The number of piperidine rings is 1.